The van der Waals surface area contributed by atoms with E-state index in [9.17, 15) is 0 Å². The highest BCUT2D eigenvalue weighted by Crippen LogP contribution is 2.30. The highest BCUT2D eigenvalue weighted by Gasteiger charge is 2.29. The van der Waals surface area contributed by atoms with Crippen LogP contribution in [-0.4, -0.2) is 16.2 Å². The summed E-state index contributed by atoms with van der Waals surface area (Å²) < 4.78 is 5.52. The van der Waals surface area contributed by atoms with Gasteiger partial charge in [0, 0.05) is 13.0 Å². The summed E-state index contributed by atoms with van der Waals surface area (Å²) in [6.07, 6.45) is 4.97. The zero-order valence-corrected chi connectivity index (χ0v) is 12.7. The van der Waals surface area contributed by atoms with Gasteiger partial charge in [0.05, 0.1) is 6.04 Å². The molecule has 1 aliphatic rings. The average Bonchev–Trinajstić information content (AvgIpc) is 3.10. The van der Waals surface area contributed by atoms with E-state index in [1.807, 2.05) is 6.92 Å². The van der Waals surface area contributed by atoms with Crippen LogP contribution in [0.2, 0.25) is 0 Å². The van der Waals surface area contributed by atoms with E-state index < -0.39 is 0 Å². The lowest BCUT2D eigenvalue weighted by atomic mass is 9.94. The largest absolute Gasteiger partial charge is 0.424 e. The van der Waals surface area contributed by atoms with Crippen LogP contribution in [0.4, 0.5) is 0 Å². The monoisotopic (exact) mass is 285 g/mol. The van der Waals surface area contributed by atoms with Crippen LogP contribution in [-0.2, 0) is 6.42 Å². The van der Waals surface area contributed by atoms with Gasteiger partial charge in [0.25, 0.3) is 0 Å². The zero-order valence-electron chi connectivity index (χ0n) is 12.7. The fourth-order valence-corrected chi connectivity index (χ4v) is 3.30. The first kappa shape index (κ1) is 14.3. The van der Waals surface area contributed by atoms with Gasteiger partial charge in [0.1, 0.15) is 0 Å². The van der Waals surface area contributed by atoms with Crippen LogP contribution in [0.1, 0.15) is 49.6 Å². The van der Waals surface area contributed by atoms with Crippen LogP contribution in [0, 0.1) is 12.8 Å². The van der Waals surface area contributed by atoms with E-state index in [1.54, 1.807) is 0 Å². The molecule has 3 rings (SSSR count). The molecule has 0 bridgehead atoms. The lowest BCUT2D eigenvalue weighted by molar-refractivity contribution is 0.326. The number of benzene rings is 1. The van der Waals surface area contributed by atoms with Gasteiger partial charge in [0.2, 0.25) is 11.8 Å². The van der Waals surface area contributed by atoms with Gasteiger partial charge in [0.15, 0.2) is 0 Å². The molecule has 21 heavy (non-hydrogen) atoms. The molecule has 1 aromatic carbocycles. The first-order valence-electron chi connectivity index (χ1n) is 7.82. The van der Waals surface area contributed by atoms with E-state index in [0.29, 0.717) is 23.7 Å². The predicted molar refractivity (Wildman–Crippen MR) is 81.9 cm³/mol. The molecule has 0 saturated heterocycles. The van der Waals surface area contributed by atoms with Crippen LogP contribution in [0.3, 0.4) is 0 Å². The molecule has 1 aromatic heterocycles. The first-order valence-corrected chi connectivity index (χ1v) is 7.82. The van der Waals surface area contributed by atoms with Crippen molar-refractivity contribution in [1.82, 2.24) is 15.5 Å². The van der Waals surface area contributed by atoms with Crippen molar-refractivity contribution in [2.75, 3.05) is 0 Å². The smallest absolute Gasteiger partial charge is 0.233 e. The van der Waals surface area contributed by atoms with Gasteiger partial charge < -0.3 is 9.73 Å². The maximum Gasteiger partial charge on any atom is 0.233 e. The summed E-state index contributed by atoms with van der Waals surface area (Å²) in [5, 5.41) is 11.7. The molecule has 1 aliphatic carbocycles. The zero-order chi connectivity index (χ0) is 14.7. The first-order chi connectivity index (χ1) is 10.2. The number of nitrogens with zero attached hydrogens (tertiary/aromatic N) is 2. The van der Waals surface area contributed by atoms with Gasteiger partial charge in [-0.1, -0.05) is 36.8 Å². The summed E-state index contributed by atoms with van der Waals surface area (Å²) >= 11 is 0. The molecule has 4 heteroatoms. The summed E-state index contributed by atoms with van der Waals surface area (Å²) in [4.78, 5) is 0. The predicted octanol–water partition coefficient (Wildman–Crippen LogP) is 3.44. The van der Waals surface area contributed by atoms with Gasteiger partial charge in [-0.25, -0.2) is 0 Å². The number of aryl methyl sites for hydroxylation is 1. The summed E-state index contributed by atoms with van der Waals surface area (Å²) in [7, 11) is 0. The third-order valence-corrected chi connectivity index (χ3v) is 4.38. The minimum absolute atomic E-state index is 0.118. The van der Waals surface area contributed by atoms with E-state index in [0.717, 1.165) is 6.42 Å². The lowest BCUT2D eigenvalue weighted by Crippen LogP contribution is -2.35. The molecule has 0 radical (unpaired) electrons. The maximum absolute atomic E-state index is 5.52. The molecule has 0 amide bonds. The quantitative estimate of drug-likeness (QED) is 0.914. The van der Waals surface area contributed by atoms with Crippen LogP contribution < -0.4 is 5.32 Å². The molecule has 1 heterocycles. The second kappa shape index (κ2) is 6.39. The number of nitrogens with one attached hydrogen (secondary N) is 1. The SMILES string of the molecule is Cc1nnc([C@H](C)N[C@H]2CCC[C@@H]2Cc2ccccc2)o1. The second-order valence-corrected chi connectivity index (χ2v) is 6.03. The van der Waals surface area contributed by atoms with Crippen molar-refractivity contribution < 1.29 is 4.42 Å². The maximum atomic E-state index is 5.52. The minimum Gasteiger partial charge on any atom is -0.424 e. The van der Waals surface area contributed by atoms with Crippen LogP contribution in [0.25, 0.3) is 0 Å². The van der Waals surface area contributed by atoms with E-state index in [-0.39, 0.29) is 6.04 Å². The number of hydrogen-bond acceptors (Lipinski definition) is 4. The molecule has 1 N–H and O–H groups in total. The van der Waals surface area contributed by atoms with Gasteiger partial charge in [-0.15, -0.1) is 10.2 Å². The Morgan fingerprint density at radius 2 is 2.05 bits per heavy atom. The van der Waals surface area contributed by atoms with Crippen molar-refractivity contribution in [2.24, 2.45) is 5.92 Å². The van der Waals surface area contributed by atoms with E-state index in [2.05, 4.69) is 52.8 Å². The van der Waals surface area contributed by atoms with Crippen molar-refractivity contribution in [2.45, 2.75) is 51.6 Å². The summed E-state index contributed by atoms with van der Waals surface area (Å²) in [6, 6.07) is 11.4. The molecule has 0 aliphatic heterocycles. The highest BCUT2D eigenvalue weighted by molar-refractivity contribution is 5.16. The van der Waals surface area contributed by atoms with Crippen molar-refractivity contribution in [3.8, 4) is 0 Å². The highest BCUT2D eigenvalue weighted by atomic mass is 16.4. The van der Waals surface area contributed by atoms with Gasteiger partial charge in [-0.05, 0) is 37.7 Å². The van der Waals surface area contributed by atoms with E-state index in [1.165, 1.54) is 24.8 Å². The van der Waals surface area contributed by atoms with Crippen LogP contribution in [0.5, 0.6) is 0 Å². The molecule has 4 nitrogen and oxygen atoms in total. The number of aromatic nitrogens is 2. The third kappa shape index (κ3) is 3.50. The Labute approximate surface area is 126 Å². The summed E-state index contributed by atoms with van der Waals surface area (Å²) in [5.74, 6) is 2.02. The van der Waals surface area contributed by atoms with Crippen molar-refractivity contribution in [3.05, 3.63) is 47.7 Å². The third-order valence-electron chi connectivity index (χ3n) is 4.38. The molecule has 2 aromatic rings. The molecule has 1 saturated carbocycles. The van der Waals surface area contributed by atoms with E-state index in [4.69, 9.17) is 4.42 Å². The average molecular weight is 285 g/mol. The van der Waals surface area contributed by atoms with Crippen molar-refractivity contribution in [3.63, 3.8) is 0 Å². The van der Waals surface area contributed by atoms with Crippen LogP contribution in [0.15, 0.2) is 34.7 Å². The Balaban J connectivity index is 1.61. The fourth-order valence-electron chi connectivity index (χ4n) is 3.30. The van der Waals surface area contributed by atoms with Crippen LogP contribution >= 0.6 is 0 Å². The molecule has 0 spiro atoms. The Kier molecular flexibility index (Phi) is 4.34. The Morgan fingerprint density at radius 3 is 2.76 bits per heavy atom. The molecular weight excluding hydrogens is 262 g/mol. The number of rotatable bonds is 5. The standard InChI is InChI=1S/C17H23N3O/c1-12(17-20-19-13(2)21-17)18-16-10-6-9-15(16)11-14-7-4-3-5-8-14/h3-5,7-8,12,15-16,18H,6,9-11H2,1-2H3/t12-,15+,16-/m0/s1. The minimum atomic E-state index is 0.118. The number of hydrogen-bond donors (Lipinski definition) is 1. The topological polar surface area (TPSA) is 51.0 Å². The second-order valence-electron chi connectivity index (χ2n) is 6.03. The molecule has 0 unspecified atom stereocenters. The summed E-state index contributed by atoms with van der Waals surface area (Å²) in [5.41, 5.74) is 1.43. The summed E-state index contributed by atoms with van der Waals surface area (Å²) in [6.45, 7) is 3.93. The molecule has 1 fully saturated rings. The molecule has 112 valence electrons. The fraction of sp³-hybridized carbons (Fsp3) is 0.529. The van der Waals surface area contributed by atoms with Gasteiger partial charge >= 0.3 is 0 Å². The molecule has 3 atom stereocenters. The lowest BCUT2D eigenvalue weighted by Gasteiger charge is -2.23. The molecular formula is C17H23N3O. The Morgan fingerprint density at radius 1 is 1.24 bits per heavy atom. The Bertz CT molecular complexity index is 566. The van der Waals surface area contributed by atoms with E-state index >= 15 is 0 Å². The van der Waals surface area contributed by atoms with Crippen molar-refractivity contribution in [1.29, 1.82) is 0 Å². The Hall–Kier alpha value is -1.68. The van der Waals surface area contributed by atoms with Gasteiger partial charge in [-0.3, -0.25) is 0 Å². The van der Waals surface area contributed by atoms with Gasteiger partial charge in [-0.2, -0.15) is 0 Å². The van der Waals surface area contributed by atoms with Crippen molar-refractivity contribution >= 4 is 0 Å². The normalized spacial score (nSPS) is 23.3.